The van der Waals surface area contributed by atoms with Crippen molar-refractivity contribution >= 4 is 11.9 Å². The van der Waals surface area contributed by atoms with Crippen LogP contribution in [-0.4, -0.2) is 24.1 Å². The van der Waals surface area contributed by atoms with Gasteiger partial charge in [0.1, 0.15) is 12.2 Å². The van der Waals surface area contributed by atoms with Crippen molar-refractivity contribution in [2.75, 3.05) is 0 Å². The highest BCUT2D eigenvalue weighted by atomic mass is 16.6. The molecule has 0 heterocycles. The van der Waals surface area contributed by atoms with Gasteiger partial charge in [0.15, 0.2) is 0 Å². The van der Waals surface area contributed by atoms with Crippen molar-refractivity contribution in [2.45, 2.75) is 128 Å². The third-order valence-corrected chi connectivity index (χ3v) is 13.9. The second-order valence-corrected chi connectivity index (χ2v) is 15.8. The largest absolute Gasteiger partial charge is 0.462 e. The molecule has 0 aliphatic heterocycles. The Kier molecular flexibility index (Phi) is 6.37. The fraction of sp³-hybridized carbons (Fsp3) is 0.941. The number of esters is 2. The molecule has 0 N–H and O–H groups in total. The van der Waals surface area contributed by atoms with E-state index >= 15 is 0 Å². The highest BCUT2D eigenvalue weighted by Crippen LogP contribution is 2.58. The quantitative estimate of drug-likeness (QED) is 0.297. The molecule has 8 rings (SSSR count). The molecule has 0 aromatic heterocycles. The first-order chi connectivity index (χ1) is 18.6. The summed E-state index contributed by atoms with van der Waals surface area (Å²) in [5.41, 5.74) is 0. The number of carbonyl (C=O) groups excluding carboxylic acids is 2. The molecule has 8 aliphatic carbocycles. The standard InChI is InChI=1S/C34H50O4/c35-31(37-33(27-15-19-1-5-23(27)11-19)28-16-20-2-6-24(28)12-20)9-10-32(36)38-34(29-17-21-3-7-25(29)13-21)30-18-22-4-8-26(30)14-22/h19-30,33-34H,1-18H2. The molecule has 8 saturated carbocycles. The van der Waals surface area contributed by atoms with Crippen molar-refractivity contribution in [3.05, 3.63) is 0 Å². The molecular formula is C34H50O4. The average molecular weight is 523 g/mol. The molecule has 8 bridgehead atoms. The molecule has 210 valence electrons. The SMILES string of the molecule is O=C(CCC(=O)OC(C1CC2CCC1C2)C1CC2CCC1C2)OC(C1CC2CCC1C2)C1CC2CCC1C2. The van der Waals surface area contributed by atoms with E-state index in [1.807, 2.05) is 0 Å². The molecule has 12 unspecified atom stereocenters. The van der Waals surface area contributed by atoms with Crippen LogP contribution < -0.4 is 0 Å². The van der Waals surface area contributed by atoms with Gasteiger partial charge in [-0.3, -0.25) is 9.59 Å². The van der Waals surface area contributed by atoms with Crippen LogP contribution in [0, 0.1) is 71.0 Å². The summed E-state index contributed by atoms with van der Waals surface area (Å²) in [6, 6.07) is 0. The predicted molar refractivity (Wildman–Crippen MR) is 145 cm³/mol. The van der Waals surface area contributed by atoms with E-state index in [1.165, 1.54) is 103 Å². The Morgan fingerprint density at radius 2 is 0.737 bits per heavy atom. The van der Waals surface area contributed by atoms with E-state index in [9.17, 15) is 9.59 Å². The Bertz CT molecular complexity index is 799. The van der Waals surface area contributed by atoms with Crippen LogP contribution in [0.1, 0.15) is 116 Å². The van der Waals surface area contributed by atoms with E-state index in [0.29, 0.717) is 23.7 Å². The summed E-state index contributed by atoms with van der Waals surface area (Å²) < 4.78 is 12.8. The minimum absolute atomic E-state index is 0.111. The number of rotatable bonds is 9. The minimum atomic E-state index is -0.131. The van der Waals surface area contributed by atoms with Crippen LogP contribution >= 0.6 is 0 Å². The number of hydrogen-bond donors (Lipinski definition) is 0. The van der Waals surface area contributed by atoms with Crippen molar-refractivity contribution in [3.8, 4) is 0 Å². The van der Waals surface area contributed by atoms with Crippen LogP contribution in [0.4, 0.5) is 0 Å². The van der Waals surface area contributed by atoms with Crippen LogP contribution in [0.5, 0.6) is 0 Å². The average Bonchev–Trinajstić information content (AvgIpc) is 3.78. The third kappa shape index (κ3) is 4.37. The zero-order valence-corrected chi connectivity index (χ0v) is 23.4. The van der Waals surface area contributed by atoms with Gasteiger partial charge in [-0.05, 0) is 148 Å². The first-order valence-electron chi connectivity index (χ1n) is 17.0. The maximum atomic E-state index is 13.3. The fourth-order valence-corrected chi connectivity index (χ4v) is 12.4. The molecule has 0 amide bonds. The second kappa shape index (κ2) is 9.79. The van der Waals surface area contributed by atoms with Gasteiger partial charge in [-0.25, -0.2) is 0 Å². The van der Waals surface area contributed by atoms with E-state index in [-0.39, 0.29) is 37.0 Å². The van der Waals surface area contributed by atoms with E-state index in [0.717, 1.165) is 47.3 Å². The minimum Gasteiger partial charge on any atom is -0.462 e. The summed E-state index contributed by atoms with van der Waals surface area (Å²) in [6.45, 7) is 0. The highest BCUT2D eigenvalue weighted by Gasteiger charge is 2.53. The molecule has 12 atom stereocenters. The topological polar surface area (TPSA) is 52.6 Å². The Hall–Kier alpha value is -1.06. The Morgan fingerprint density at radius 1 is 0.447 bits per heavy atom. The number of carbonyl (C=O) groups is 2. The Labute approximate surface area is 229 Å². The predicted octanol–water partition coefficient (Wildman–Crippen LogP) is 7.34. The molecule has 4 nitrogen and oxygen atoms in total. The van der Waals surface area contributed by atoms with Crippen molar-refractivity contribution in [1.82, 2.24) is 0 Å². The highest BCUT2D eigenvalue weighted by molar-refractivity contribution is 5.78. The normalized spacial score (nSPS) is 49.2. The Balaban J connectivity index is 0.902. The van der Waals surface area contributed by atoms with Crippen LogP contribution in [0.2, 0.25) is 0 Å². The van der Waals surface area contributed by atoms with E-state index in [1.54, 1.807) is 0 Å². The van der Waals surface area contributed by atoms with Gasteiger partial charge in [-0.15, -0.1) is 0 Å². The Morgan fingerprint density at radius 3 is 0.947 bits per heavy atom. The second-order valence-electron chi connectivity index (χ2n) is 15.8. The maximum Gasteiger partial charge on any atom is 0.306 e. The molecule has 38 heavy (non-hydrogen) atoms. The fourth-order valence-electron chi connectivity index (χ4n) is 12.4. The van der Waals surface area contributed by atoms with Gasteiger partial charge < -0.3 is 9.47 Å². The van der Waals surface area contributed by atoms with Crippen molar-refractivity contribution in [1.29, 1.82) is 0 Å². The van der Waals surface area contributed by atoms with Gasteiger partial charge in [0.25, 0.3) is 0 Å². The monoisotopic (exact) mass is 522 g/mol. The molecular weight excluding hydrogens is 472 g/mol. The molecule has 8 aliphatic rings. The summed E-state index contributed by atoms with van der Waals surface area (Å²) >= 11 is 0. The number of hydrogen-bond acceptors (Lipinski definition) is 4. The van der Waals surface area contributed by atoms with Crippen LogP contribution in [0.15, 0.2) is 0 Å². The van der Waals surface area contributed by atoms with Gasteiger partial charge in [0.05, 0.1) is 12.8 Å². The van der Waals surface area contributed by atoms with Crippen LogP contribution in [-0.2, 0) is 19.1 Å². The van der Waals surface area contributed by atoms with Gasteiger partial charge in [0.2, 0.25) is 0 Å². The summed E-state index contributed by atoms with van der Waals surface area (Å²) in [6.07, 6.45) is 22.1. The smallest absolute Gasteiger partial charge is 0.306 e. The lowest BCUT2D eigenvalue weighted by Crippen LogP contribution is -2.40. The molecule has 0 radical (unpaired) electrons. The first kappa shape index (κ1) is 24.7. The number of fused-ring (bicyclic) bond motifs is 8. The molecule has 0 aromatic rings. The van der Waals surface area contributed by atoms with Crippen molar-refractivity contribution in [3.63, 3.8) is 0 Å². The summed E-state index contributed by atoms with van der Waals surface area (Å²) in [7, 11) is 0. The summed E-state index contributed by atoms with van der Waals surface area (Å²) in [5, 5.41) is 0. The molecule has 0 spiro atoms. The summed E-state index contributed by atoms with van der Waals surface area (Å²) in [5.74, 6) is 8.60. The zero-order chi connectivity index (χ0) is 25.4. The maximum absolute atomic E-state index is 13.3. The van der Waals surface area contributed by atoms with Crippen molar-refractivity contribution in [2.24, 2.45) is 71.0 Å². The molecule has 0 saturated heterocycles. The van der Waals surface area contributed by atoms with Gasteiger partial charge in [-0.1, -0.05) is 25.7 Å². The summed E-state index contributed by atoms with van der Waals surface area (Å²) in [4.78, 5) is 26.5. The number of ether oxygens (including phenoxy) is 2. The van der Waals surface area contributed by atoms with Gasteiger partial charge in [0, 0.05) is 0 Å². The molecule has 4 heteroatoms. The van der Waals surface area contributed by atoms with Gasteiger partial charge in [-0.2, -0.15) is 0 Å². The lowest BCUT2D eigenvalue weighted by molar-refractivity contribution is -0.165. The van der Waals surface area contributed by atoms with E-state index in [2.05, 4.69) is 0 Å². The lowest BCUT2D eigenvalue weighted by Gasteiger charge is -2.38. The van der Waals surface area contributed by atoms with Gasteiger partial charge >= 0.3 is 11.9 Å². The molecule has 0 aromatic carbocycles. The van der Waals surface area contributed by atoms with Crippen molar-refractivity contribution < 1.29 is 19.1 Å². The zero-order valence-electron chi connectivity index (χ0n) is 23.4. The first-order valence-corrected chi connectivity index (χ1v) is 17.0. The lowest BCUT2D eigenvalue weighted by atomic mass is 9.74. The van der Waals surface area contributed by atoms with Crippen LogP contribution in [0.25, 0.3) is 0 Å². The third-order valence-electron chi connectivity index (χ3n) is 13.9. The molecule has 8 fully saturated rings. The van der Waals surface area contributed by atoms with Crippen LogP contribution in [0.3, 0.4) is 0 Å². The van der Waals surface area contributed by atoms with E-state index < -0.39 is 0 Å². The van der Waals surface area contributed by atoms with E-state index in [4.69, 9.17) is 9.47 Å².